The largest absolute Gasteiger partial charge is 0.493 e. The number of carbonyl (C=O) groups is 1. The fourth-order valence-electron chi connectivity index (χ4n) is 4.36. The first kappa shape index (κ1) is 19.4. The molecule has 29 heavy (non-hydrogen) atoms. The van der Waals surface area contributed by atoms with Crippen molar-refractivity contribution in [2.45, 2.75) is 18.6 Å². The summed E-state index contributed by atoms with van der Waals surface area (Å²) in [5.41, 5.74) is 3.46. The third kappa shape index (κ3) is 2.97. The highest BCUT2D eigenvalue weighted by atomic mass is 16.6. The molecule has 2 atom stereocenters. The van der Waals surface area contributed by atoms with Gasteiger partial charge in [0.25, 0.3) is 0 Å². The Labute approximate surface area is 170 Å². The maximum atomic E-state index is 12.8. The zero-order valence-corrected chi connectivity index (χ0v) is 17.3. The lowest BCUT2D eigenvalue weighted by atomic mass is 9.86. The van der Waals surface area contributed by atoms with Crippen LogP contribution in [0.2, 0.25) is 0 Å². The van der Waals surface area contributed by atoms with E-state index in [0.717, 1.165) is 29.7 Å². The summed E-state index contributed by atoms with van der Waals surface area (Å²) in [6.45, 7) is 0.837. The van der Waals surface area contributed by atoms with Gasteiger partial charge in [-0.3, -0.25) is 4.90 Å². The monoisotopic (exact) mass is 399 g/mol. The number of ether oxygens (including phenoxy) is 5. The zero-order chi connectivity index (χ0) is 20.7. The van der Waals surface area contributed by atoms with Gasteiger partial charge in [0.2, 0.25) is 0 Å². The molecule has 0 aromatic heterocycles. The van der Waals surface area contributed by atoms with Crippen LogP contribution in [0.3, 0.4) is 0 Å². The molecule has 154 valence electrons. The van der Waals surface area contributed by atoms with Gasteiger partial charge in [-0.25, -0.2) is 4.79 Å². The molecule has 0 saturated carbocycles. The van der Waals surface area contributed by atoms with Crippen LogP contribution in [-0.2, 0) is 11.2 Å². The minimum absolute atomic E-state index is 0.151. The number of benzene rings is 2. The molecule has 2 aliphatic rings. The number of rotatable bonds is 5. The lowest BCUT2D eigenvalue weighted by Crippen LogP contribution is -2.36. The van der Waals surface area contributed by atoms with Crippen molar-refractivity contribution in [2.24, 2.45) is 0 Å². The normalized spacial score (nSPS) is 20.5. The smallest absolute Gasteiger partial charge is 0.343 e. The predicted octanol–water partition coefficient (Wildman–Crippen LogP) is 3.16. The lowest BCUT2D eigenvalue weighted by molar-refractivity contribution is 0.00931. The quantitative estimate of drug-likeness (QED) is 0.716. The van der Waals surface area contributed by atoms with E-state index in [2.05, 4.69) is 4.90 Å². The highest BCUT2D eigenvalue weighted by Crippen LogP contribution is 2.50. The Balaban J connectivity index is 1.85. The molecule has 0 N–H and O–H groups in total. The van der Waals surface area contributed by atoms with E-state index in [1.807, 2.05) is 31.3 Å². The van der Waals surface area contributed by atoms with E-state index in [9.17, 15) is 4.79 Å². The van der Waals surface area contributed by atoms with Crippen molar-refractivity contribution in [2.75, 3.05) is 42.0 Å². The van der Waals surface area contributed by atoms with Crippen molar-refractivity contribution in [3.8, 4) is 23.0 Å². The summed E-state index contributed by atoms with van der Waals surface area (Å²) in [7, 11) is 8.36. The lowest BCUT2D eigenvalue weighted by Gasteiger charge is -2.38. The van der Waals surface area contributed by atoms with Crippen LogP contribution in [-0.4, -0.2) is 52.9 Å². The number of likely N-dealkylation sites (N-methyl/N-ethyl adjacent to an activating group) is 1. The first-order chi connectivity index (χ1) is 14.0. The van der Waals surface area contributed by atoms with Crippen molar-refractivity contribution >= 4 is 5.97 Å². The summed E-state index contributed by atoms with van der Waals surface area (Å²) in [6.07, 6.45) is 0.418. The van der Waals surface area contributed by atoms with Gasteiger partial charge in [-0.15, -0.1) is 0 Å². The van der Waals surface area contributed by atoms with Crippen molar-refractivity contribution in [3.63, 3.8) is 0 Å². The number of carbonyl (C=O) groups excluding carboxylic acids is 1. The Morgan fingerprint density at radius 2 is 1.62 bits per heavy atom. The van der Waals surface area contributed by atoms with Crippen LogP contribution in [0.4, 0.5) is 0 Å². The number of hydrogen-bond acceptors (Lipinski definition) is 7. The second kappa shape index (κ2) is 7.48. The summed E-state index contributed by atoms with van der Waals surface area (Å²) >= 11 is 0. The van der Waals surface area contributed by atoms with Crippen LogP contribution in [0.25, 0.3) is 0 Å². The molecule has 2 heterocycles. The number of methoxy groups -OCH3 is 4. The highest BCUT2D eigenvalue weighted by Gasteiger charge is 2.44. The van der Waals surface area contributed by atoms with Gasteiger partial charge in [0, 0.05) is 12.1 Å². The first-order valence-electron chi connectivity index (χ1n) is 9.44. The summed E-state index contributed by atoms with van der Waals surface area (Å²) in [6, 6.07) is 7.55. The van der Waals surface area contributed by atoms with Crippen molar-refractivity contribution in [1.29, 1.82) is 0 Å². The minimum atomic E-state index is -0.459. The van der Waals surface area contributed by atoms with Crippen molar-refractivity contribution in [3.05, 3.63) is 46.5 Å². The number of hydrogen-bond donors (Lipinski definition) is 0. The number of nitrogens with zero attached hydrogens (tertiary/aromatic N) is 1. The highest BCUT2D eigenvalue weighted by molar-refractivity contribution is 5.98. The molecule has 0 bridgehead atoms. The molecule has 2 aliphatic heterocycles. The van der Waals surface area contributed by atoms with E-state index in [1.165, 1.54) is 7.11 Å². The van der Waals surface area contributed by atoms with Gasteiger partial charge >= 0.3 is 5.97 Å². The molecule has 7 heteroatoms. The molecule has 0 spiro atoms. The molecule has 7 nitrogen and oxygen atoms in total. The predicted molar refractivity (Wildman–Crippen MR) is 106 cm³/mol. The van der Waals surface area contributed by atoms with E-state index >= 15 is 0 Å². The SMILES string of the molecule is COc1cc2c(cc1OC)[C@H](C1OC(=O)c3c1ccc(OC)c3OC)N(C)CC2. The minimum Gasteiger partial charge on any atom is -0.493 e. The molecular weight excluding hydrogens is 374 g/mol. The van der Waals surface area contributed by atoms with Crippen molar-refractivity contribution < 1.29 is 28.5 Å². The van der Waals surface area contributed by atoms with Gasteiger partial charge in [-0.1, -0.05) is 6.07 Å². The maximum absolute atomic E-state index is 12.8. The van der Waals surface area contributed by atoms with Crippen LogP contribution < -0.4 is 18.9 Å². The second-order valence-electron chi connectivity index (χ2n) is 7.17. The summed E-state index contributed by atoms with van der Waals surface area (Å²) in [5, 5.41) is 0. The Hall–Kier alpha value is -2.93. The van der Waals surface area contributed by atoms with E-state index in [0.29, 0.717) is 28.6 Å². The van der Waals surface area contributed by atoms with Gasteiger partial charge < -0.3 is 23.7 Å². The van der Waals surface area contributed by atoms with Crippen molar-refractivity contribution in [1.82, 2.24) is 4.90 Å². The van der Waals surface area contributed by atoms with Crippen LogP contribution in [0.15, 0.2) is 24.3 Å². The molecule has 2 aromatic carbocycles. The van der Waals surface area contributed by atoms with Crippen LogP contribution in [0, 0.1) is 0 Å². The maximum Gasteiger partial charge on any atom is 0.343 e. The van der Waals surface area contributed by atoms with Gasteiger partial charge in [0.15, 0.2) is 23.0 Å². The van der Waals surface area contributed by atoms with Crippen LogP contribution in [0.1, 0.15) is 39.2 Å². The topological polar surface area (TPSA) is 66.5 Å². The van der Waals surface area contributed by atoms with E-state index in [-0.39, 0.29) is 6.04 Å². The molecule has 2 aromatic rings. The Morgan fingerprint density at radius 1 is 0.931 bits per heavy atom. The fraction of sp³-hybridized carbons (Fsp3) is 0.409. The zero-order valence-electron chi connectivity index (χ0n) is 17.3. The average molecular weight is 399 g/mol. The average Bonchev–Trinajstić information content (AvgIpc) is 3.08. The third-order valence-corrected chi connectivity index (χ3v) is 5.78. The fourth-order valence-corrected chi connectivity index (χ4v) is 4.36. The standard InChI is InChI=1S/C22H25NO6/c1-23-9-8-12-10-16(26-3)17(27-4)11-14(12)19(23)20-13-6-7-15(25-2)21(28-5)18(13)22(24)29-20/h6-7,10-11,19-20H,8-9H2,1-5H3/t19-,20?/m1/s1. The van der Waals surface area contributed by atoms with E-state index in [1.54, 1.807) is 21.3 Å². The Bertz CT molecular complexity index is 957. The number of cyclic esters (lactones) is 1. The molecule has 4 rings (SSSR count). The van der Waals surface area contributed by atoms with Gasteiger partial charge in [0.05, 0.1) is 34.5 Å². The van der Waals surface area contributed by atoms with E-state index in [4.69, 9.17) is 23.7 Å². The molecule has 0 radical (unpaired) electrons. The summed E-state index contributed by atoms with van der Waals surface area (Å²) in [5.74, 6) is 1.87. The molecule has 0 fully saturated rings. The number of fused-ring (bicyclic) bond motifs is 2. The van der Waals surface area contributed by atoms with Gasteiger partial charge in [0.1, 0.15) is 11.7 Å². The molecule has 1 unspecified atom stereocenters. The second-order valence-corrected chi connectivity index (χ2v) is 7.17. The molecular formula is C22H25NO6. The summed E-state index contributed by atoms with van der Waals surface area (Å²) in [4.78, 5) is 15.0. The van der Waals surface area contributed by atoms with Crippen LogP contribution >= 0.6 is 0 Å². The van der Waals surface area contributed by atoms with E-state index < -0.39 is 12.1 Å². The van der Waals surface area contributed by atoms with Gasteiger partial charge in [-0.05, 0) is 42.8 Å². The third-order valence-electron chi connectivity index (χ3n) is 5.78. The Kier molecular flexibility index (Phi) is 5.00. The van der Waals surface area contributed by atoms with Crippen LogP contribution in [0.5, 0.6) is 23.0 Å². The number of esters is 1. The first-order valence-corrected chi connectivity index (χ1v) is 9.44. The summed E-state index contributed by atoms with van der Waals surface area (Å²) < 4.78 is 27.7. The molecule has 0 aliphatic carbocycles. The Morgan fingerprint density at radius 3 is 2.28 bits per heavy atom. The van der Waals surface area contributed by atoms with Gasteiger partial charge in [-0.2, -0.15) is 0 Å². The molecule has 0 amide bonds. The molecule has 0 saturated heterocycles.